The molecule has 19 heavy (non-hydrogen) atoms. The molecule has 10 heteroatoms. The summed E-state index contributed by atoms with van der Waals surface area (Å²) in [6.07, 6.45) is -0.735. The van der Waals surface area contributed by atoms with Gasteiger partial charge in [0.05, 0.1) is 13.0 Å². The summed E-state index contributed by atoms with van der Waals surface area (Å²) < 4.78 is 4.73. The van der Waals surface area contributed by atoms with E-state index < -0.39 is 36.3 Å². The number of aliphatic carboxylic acids is 2. The first-order chi connectivity index (χ1) is 8.82. The number of rotatable bonds is 9. The molecule has 0 aromatic rings. The Labute approximate surface area is 107 Å². The van der Waals surface area contributed by atoms with Crippen LogP contribution in [0, 0.1) is 0 Å². The van der Waals surface area contributed by atoms with Crippen LogP contribution in [0.3, 0.4) is 0 Å². The average Bonchev–Trinajstić information content (AvgIpc) is 2.26. The fourth-order valence-electron chi connectivity index (χ4n) is 0.993. The Hall–Kier alpha value is -2.36. The number of carbonyl (C=O) groups excluding carboxylic acids is 2. The lowest BCUT2D eigenvalue weighted by Gasteiger charge is -2.13. The molecule has 0 heterocycles. The van der Waals surface area contributed by atoms with Gasteiger partial charge in [0, 0.05) is 6.54 Å². The Bertz CT molecular complexity index is 358. The molecule has 0 aliphatic heterocycles. The minimum absolute atomic E-state index is 0.00697. The minimum Gasteiger partial charge on any atom is -0.481 e. The van der Waals surface area contributed by atoms with Crippen LogP contribution in [-0.4, -0.2) is 59.9 Å². The van der Waals surface area contributed by atoms with E-state index in [9.17, 15) is 19.2 Å². The molecule has 0 aliphatic rings. The Balaban J connectivity index is 3.90. The van der Waals surface area contributed by atoms with Crippen molar-refractivity contribution in [3.8, 4) is 0 Å². The molecule has 6 N–H and O–H groups in total. The van der Waals surface area contributed by atoms with Crippen molar-refractivity contribution in [2.24, 2.45) is 5.73 Å². The van der Waals surface area contributed by atoms with Crippen LogP contribution < -0.4 is 16.4 Å². The molecule has 0 aromatic heterocycles. The predicted molar refractivity (Wildman–Crippen MR) is 60.2 cm³/mol. The van der Waals surface area contributed by atoms with E-state index >= 15 is 0 Å². The van der Waals surface area contributed by atoms with E-state index in [1.807, 2.05) is 5.32 Å². The van der Waals surface area contributed by atoms with E-state index in [1.165, 1.54) is 0 Å². The van der Waals surface area contributed by atoms with Crippen LogP contribution in [0.5, 0.6) is 0 Å². The lowest BCUT2D eigenvalue weighted by Crippen LogP contribution is -2.47. The summed E-state index contributed by atoms with van der Waals surface area (Å²) in [4.78, 5) is 42.5. The van der Waals surface area contributed by atoms with E-state index in [1.54, 1.807) is 0 Å². The quantitative estimate of drug-likeness (QED) is 0.295. The smallest absolute Gasteiger partial charge is 0.326 e. The van der Waals surface area contributed by atoms with E-state index in [-0.39, 0.29) is 19.8 Å². The number of nitrogens with one attached hydrogen (secondary N) is 2. The van der Waals surface area contributed by atoms with Gasteiger partial charge in [-0.3, -0.25) is 9.59 Å². The van der Waals surface area contributed by atoms with Crippen LogP contribution in [-0.2, 0) is 19.1 Å². The number of carboxylic acids is 2. The van der Waals surface area contributed by atoms with Gasteiger partial charge in [0.15, 0.2) is 0 Å². The maximum absolute atomic E-state index is 11.2. The molecular formula is C9H15N3O7. The van der Waals surface area contributed by atoms with Crippen molar-refractivity contribution < 1.29 is 34.1 Å². The van der Waals surface area contributed by atoms with Crippen molar-refractivity contribution in [2.75, 3.05) is 19.8 Å². The zero-order valence-corrected chi connectivity index (χ0v) is 9.92. The third-order valence-corrected chi connectivity index (χ3v) is 1.76. The van der Waals surface area contributed by atoms with Crippen LogP contribution >= 0.6 is 0 Å². The van der Waals surface area contributed by atoms with Gasteiger partial charge in [-0.05, 0) is 0 Å². The molecule has 0 saturated heterocycles. The second-order valence-electron chi connectivity index (χ2n) is 3.41. The van der Waals surface area contributed by atoms with E-state index in [0.29, 0.717) is 0 Å². The number of carbonyl (C=O) groups is 4. The number of ether oxygens (including phenoxy) is 1. The number of nitrogens with two attached hydrogens (primary N) is 1. The summed E-state index contributed by atoms with van der Waals surface area (Å²) in [5.41, 5.74) is 4.80. The van der Waals surface area contributed by atoms with Crippen molar-refractivity contribution in [3.05, 3.63) is 0 Å². The molecule has 0 unspecified atom stereocenters. The van der Waals surface area contributed by atoms with Crippen molar-refractivity contribution in [1.29, 1.82) is 0 Å². The first-order valence-corrected chi connectivity index (χ1v) is 5.18. The fraction of sp³-hybridized carbons (Fsp3) is 0.556. The van der Waals surface area contributed by atoms with Gasteiger partial charge in [-0.2, -0.15) is 0 Å². The SMILES string of the molecule is NC(=O)COCCNC(=O)N[C@@H](CC(=O)O)C(=O)O. The van der Waals surface area contributed by atoms with Crippen LogP contribution in [0.1, 0.15) is 6.42 Å². The van der Waals surface area contributed by atoms with Gasteiger partial charge in [-0.25, -0.2) is 9.59 Å². The average molecular weight is 277 g/mol. The number of hydrogen-bond acceptors (Lipinski definition) is 5. The molecule has 108 valence electrons. The highest BCUT2D eigenvalue weighted by Gasteiger charge is 2.22. The molecule has 3 amide bonds. The van der Waals surface area contributed by atoms with Gasteiger partial charge >= 0.3 is 18.0 Å². The summed E-state index contributed by atoms with van der Waals surface area (Å²) in [5, 5.41) is 21.3. The van der Waals surface area contributed by atoms with Gasteiger partial charge in [-0.1, -0.05) is 0 Å². The van der Waals surface area contributed by atoms with Gasteiger partial charge in [-0.15, -0.1) is 0 Å². The Morgan fingerprint density at radius 3 is 2.32 bits per heavy atom. The second-order valence-corrected chi connectivity index (χ2v) is 3.41. The van der Waals surface area contributed by atoms with Crippen molar-refractivity contribution >= 4 is 23.9 Å². The van der Waals surface area contributed by atoms with E-state index in [2.05, 4.69) is 5.32 Å². The first-order valence-electron chi connectivity index (χ1n) is 5.18. The summed E-state index contributed by atoms with van der Waals surface area (Å²) >= 11 is 0. The highest BCUT2D eigenvalue weighted by Crippen LogP contribution is 1.92. The number of carboxylic acid groups (broad SMARTS) is 2. The number of primary amides is 1. The zero-order valence-electron chi connectivity index (χ0n) is 9.92. The molecule has 0 saturated carbocycles. The van der Waals surface area contributed by atoms with Crippen molar-refractivity contribution in [2.45, 2.75) is 12.5 Å². The first kappa shape index (κ1) is 16.6. The lowest BCUT2D eigenvalue weighted by molar-refractivity contribution is -0.145. The Morgan fingerprint density at radius 1 is 1.21 bits per heavy atom. The lowest BCUT2D eigenvalue weighted by atomic mass is 10.2. The predicted octanol–water partition coefficient (Wildman–Crippen LogP) is -2.28. The van der Waals surface area contributed by atoms with Gasteiger partial charge < -0.3 is 31.3 Å². The van der Waals surface area contributed by atoms with Crippen LogP contribution in [0.15, 0.2) is 0 Å². The maximum atomic E-state index is 11.2. The normalized spacial score (nSPS) is 11.4. The molecule has 0 fully saturated rings. The number of hydrogen-bond donors (Lipinski definition) is 5. The molecular weight excluding hydrogens is 262 g/mol. The Morgan fingerprint density at radius 2 is 1.84 bits per heavy atom. The molecule has 10 nitrogen and oxygen atoms in total. The molecule has 0 bridgehead atoms. The monoisotopic (exact) mass is 277 g/mol. The van der Waals surface area contributed by atoms with Crippen LogP contribution in [0.4, 0.5) is 4.79 Å². The van der Waals surface area contributed by atoms with Gasteiger partial charge in [0.25, 0.3) is 0 Å². The molecule has 0 spiro atoms. The summed E-state index contributed by atoms with van der Waals surface area (Å²) in [7, 11) is 0. The van der Waals surface area contributed by atoms with Crippen LogP contribution in [0.2, 0.25) is 0 Å². The maximum Gasteiger partial charge on any atom is 0.326 e. The summed E-state index contributed by atoms with van der Waals surface area (Å²) in [6.45, 7) is -0.272. The van der Waals surface area contributed by atoms with Crippen molar-refractivity contribution in [3.63, 3.8) is 0 Å². The molecule has 0 rings (SSSR count). The third kappa shape index (κ3) is 9.35. The number of amides is 3. The molecule has 0 radical (unpaired) electrons. The largest absolute Gasteiger partial charge is 0.481 e. The second kappa shape index (κ2) is 8.69. The number of urea groups is 1. The Kier molecular flexibility index (Phi) is 7.61. The zero-order chi connectivity index (χ0) is 14.8. The fourth-order valence-corrected chi connectivity index (χ4v) is 0.993. The summed E-state index contributed by atoms with van der Waals surface area (Å²) in [5.74, 6) is -3.46. The van der Waals surface area contributed by atoms with E-state index in [0.717, 1.165) is 0 Å². The van der Waals surface area contributed by atoms with Crippen LogP contribution in [0.25, 0.3) is 0 Å². The summed E-state index contributed by atoms with van der Waals surface area (Å²) in [6, 6.07) is -2.37. The standard InChI is InChI=1S/C9H15N3O7/c10-6(13)4-19-2-1-11-9(18)12-5(8(16)17)3-7(14)15/h5H,1-4H2,(H2,10,13)(H,14,15)(H,16,17)(H2,11,12,18)/t5-/m0/s1. The molecule has 0 aromatic carbocycles. The topological polar surface area (TPSA) is 168 Å². The highest BCUT2D eigenvalue weighted by molar-refractivity contribution is 5.86. The molecule has 0 aliphatic carbocycles. The minimum atomic E-state index is -1.52. The molecule has 1 atom stereocenters. The van der Waals surface area contributed by atoms with Crippen molar-refractivity contribution in [1.82, 2.24) is 10.6 Å². The van der Waals surface area contributed by atoms with Gasteiger partial charge in [0.1, 0.15) is 12.6 Å². The van der Waals surface area contributed by atoms with Gasteiger partial charge in [0.2, 0.25) is 5.91 Å². The highest BCUT2D eigenvalue weighted by atomic mass is 16.5. The van der Waals surface area contributed by atoms with E-state index in [4.69, 9.17) is 20.7 Å². The third-order valence-electron chi connectivity index (χ3n) is 1.76.